The molecule has 1 N–H and O–H groups in total. The molecule has 0 saturated heterocycles. The predicted molar refractivity (Wildman–Crippen MR) is 96.5 cm³/mol. The van der Waals surface area contributed by atoms with Crippen LogP contribution in [0, 0.1) is 5.92 Å². The fraction of sp³-hybridized carbons (Fsp3) is 0.294. The van der Waals surface area contributed by atoms with Gasteiger partial charge in [-0.05, 0) is 24.5 Å². The Morgan fingerprint density at radius 3 is 2.96 bits per heavy atom. The summed E-state index contributed by atoms with van der Waals surface area (Å²) in [4.78, 5) is 16.7. The first-order chi connectivity index (χ1) is 11.0. The first kappa shape index (κ1) is 16.0. The Morgan fingerprint density at radius 1 is 1.43 bits per heavy atom. The molecule has 0 spiro atoms. The SMILES string of the molecule is CC(C)CCn1cc(C(=O)Nc2nccs2)c2ccc(Cl)cc21. The first-order valence-electron chi connectivity index (χ1n) is 7.54. The van der Waals surface area contributed by atoms with Gasteiger partial charge in [-0.1, -0.05) is 31.5 Å². The number of carbonyl (C=O) groups excluding carboxylic acids is 1. The molecule has 2 aromatic heterocycles. The predicted octanol–water partition coefficient (Wildman–Crippen LogP) is 5.05. The molecule has 4 nitrogen and oxygen atoms in total. The third kappa shape index (κ3) is 3.57. The molecule has 0 fully saturated rings. The van der Waals surface area contributed by atoms with Crippen LogP contribution in [0.5, 0.6) is 0 Å². The van der Waals surface area contributed by atoms with Gasteiger partial charge in [-0.25, -0.2) is 4.98 Å². The molecule has 0 radical (unpaired) electrons. The van der Waals surface area contributed by atoms with E-state index < -0.39 is 0 Å². The second-order valence-corrected chi connectivity index (χ2v) is 7.20. The number of nitrogens with zero attached hydrogens (tertiary/aromatic N) is 2. The van der Waals surface area contributed by atoms with Crippen molar-refractivity contribution in [3.8, 4) is 0 Å². The largest absolute Gasteiger partial charge is 0.347 e. The molecule has 3 aromatic rings. The summed E-state index contributed by atoms with van der Waals surface area (Å²) >= 11 is 7.54. The lowest BCUT2D eigenvalue weighted by atomic mass is 10.1. The number of nitrogens with one attached hydrogen (secondary N) is 1. The molecule has 0 saturated carbocycles. The van der Waals surface area contributed by atoms with E-state index >= 15 is 0 Å². The fourth-order valence-electron chi connectivity index (χ4n) is 2.48. The number of aromatic nitrogens is 2. The van der Waals surface area contributed by atoms with Gasteiger partial charge in [-0.3, -0.25) is 10.1 Å². The van der Waals surface area contributed by atoms with Crippen molar-refractivity contribution in [2.24, 2.45) is 5.92 Å². The lowest BCUT2D eigenvalue weighted by Crippen LogP contribution is -2.11. The average molecular weight is 348 g/mol. The van der Waals surface area contributed by atoms with E-state index in [1.165, 1.54) is 11.3 Å². The molecule has 0 aliphatic rings. The van der Waals surface area contributed by atoms with Crippen molar-refractivity contribution in [2.75, 3.05) is 5.32 Å². The summed E-state index contributed by atoms with van der Waals surface area (Å²) in [6.07, 6.45) is 4.63. The van der Waals surface area contributed by atoms with Crippen molar-refractivity contribution in [2.45, 2.75) is 26.8 Å². The number of hydrogen-bond donors (Lipinski definition) is 1. The average Bonchev–Trinajstić information content (AvgIpc) is 3.12. The Morgan fingerprint density at radius 2 is 2.26 bits per heavy atom. The molecule has 0 atom stereocenters. The van der Waals surface area contributed by atoms with Gasteiger partial charge in [-0.15, -0.1) is 11.3 Å². The summed E-state index contributed by atoms with van der Waals surface area (Å²) in [5.41, 5.74) is 1.64. The van der Waals surface area contributed by atoms with Gasteiger partial charge in [0, 0.05) is 34.7 Å². The second kappa shape index (κ2) is 6.72. The molecule has 23 heavy (non-hydrogen) atoms. The lowest BCUT2D eigenvalue weighted by Gasteiger charge is -2.07. The molecule has 6 heteroatoms. The molecule has 1 amide bonds. The molecule has 1 aromatic carbocycles. The number of hydrogen-bond acceptors (Lipinski definition) is 3. The Kier molecular flexibility index (Phi) is 4.68. The van der Waals surface area contributed by atoms with Gasteiger partial charge in [-0.2, -0.15) is 0 Å². The van der Waals surface area contributed by atoms with Crippen LogP contribution in [0.3, 0.4) is 0 Å². The third-order valence-corrected chi connectivity index (χ3v) is 4.61. The van der Waals surface area contributed by atoms with E-state index in [-0.39, 0.29) is 5.91 Å². The number of carbonyl (C=O) groups is 1. The van der Waals surface area contributed by atoms with Gasteiger partial charge in [0.05, 0.1) is 11.1 Å². The van der Waals surface area contributed by atoms with Gasteiger partial charge in [0.25, 0.3) is 5.91 Å². The zero-order chi connectivity index (χ0) is 16.4. The van der Waals surface area contributed by atoms with Gasteiger partial charge >= 0.3 is 0 Å². The van der Waals surface area contributed by atoms with E-state index in [0.29, 0.717) is 21.6 Å². The summed E-state index contributed by atoms with van der Waals surface area (Å²) in [5, 5.41) is 6.87. The highest BCUT2D eigenvalue weighted by Gasteiger charge is 2.16. The van der Waals surface area contributed by atoms with Crippen molar-refractivity contribution >= 4 is 44.9 Å². The van der Waals surface area contributed by atoms with Crippen LogP contribution < -0.4 is 5.32 Å². The van der Waals surface area contributed by atoms with Gasteiger partial charge < -0.3 is 4.57 Å². The van der Waals surface area contributed by atoms with Crippen LogP contribution in [0.4, 0.5) is 5.13 Å². The third-order valence-electron chi connectivity index (χ3n) is 3.69. The minimum Gasteiger partial charge on any atom is -0.347 e. The van der Waals surface area contributed by atoms with E-state index in [9.17, 15) is 4.79 Å². The van der Waals surface area contributed by atoms with Crippen molar-refractivity contribution in [1.29, 1.82) is 0 Å². The summed E-state index contributed by atoms with van der Waals surface area (Å²) in [5.74, 6) is 0.454. The maximum absolute atomic E-state index is 12.6. The monoisotopic (exact) mass is 347 g/mol. The summed E-state index contributed by atoms with van der Waals surface area (Å²) in [6, 6.07) is 5.63. The molecule has 2 heterocycles. The highest BCUT2D eigenvalue weighted by molar-refractivity contribution is 7.13. The number of anilines is 1. The number of halogens is 1. The van der Waals surface area contributed by atoms with Gasteiger partial charge in [0.15, 0.2) is 5.13 Å². The highest BCUT2D eigenvalue weighted by atomic mass is 35.5. The van der Waals surface area contributed by atoms with Crippen LogP contribution in [-0.4, -0.2) is 15.5 Å². The topological polar surface area (TPSA) is 46.9 Å². The maximum Gasteiger partial charge on any atom is 0.259 e. The normalized spacial score (nSPS) is 11.3. The van der Waals surface area contributed by atoms with Gasteiger partial charge in [0.2, 0.25) is 0 Å². The maximum atomic E-state index is 12.6. The minimum absolute atomic E-state index is 0.143. The van der Waals surface area contributed by atoms with E-state index in [4.69, 9.17) is 11.6 Å². The zero-order valence-corrected chi connectivity index (χ0v) is 14.6. The van der Waals surface area contributed by atoms with Crippen LogP contribution in [0.2, 0.25) is 5.02 Å². The van der Waals surface area contributed by atoms with E-state index in [1.807, 2.05) is 29.8 Å². The van der Waals surface area contributed by atoms with E-state index in [2.05, 4.69) is 28.7 Å². The Balaban J connectivity index is 1.97. The number of rotatable bonds is 5. The van der Waals surface area contributed by atoms with Crippen LogP contribution in [-0.2, 0) is 6.54 Å². The second-order valence-electron chi connectivity index (χ2n) is 5.87. The summed E-state index contributed by atoms with van der Waals surface area (Å²) in [6.45, 7) is 5.24. The van der Waals surface area contributed by atoms with Crippen molar-refractivity contribution in [1.82, 2.24) is 9.55 Å². The molecule has 0 aliphatic carbocycles. The van der Waals surface area contributed by atoms with Crippen LogP contribution in [0.25, 0.3) is 10.9 Å². The molecule has 0 unspecified atom stereocenters. The first-order valence-corrected chi connectivity index (χ1v) is 8.79. The zero-order valence-electron chi connectivity index (χ0n) is 13.0. The van der Waals surface area contributed by atoms with Crippen LogP contribution in [0.1, 0.15) is 30.6 Å². The Bertz CT molecular complexity index is 824. The quantitative estimate of drug-likeness (QED) is 0.702. The number of fused-ring (bicyclic) bond motifs is 1. The molecule has 0 aliphatic heterocycles. The number of amides is 1. The summed E-state index contributed by atoms with van der Waals surface area (Å²) < 4.78 is 2.11. The number of thiazole rings is 1. The van der Waals surface area contributed by atoms with Crippen LogP contribution >= 0.6 is 22.9 Å². The summed E-state index contributed by atoms with van der Waals surface area (Å²) in [7, 11) is 0. The van der Waals surface area contributed by atoms with Crippen LogP contribution in [0.15, 0.2) is 36.0 Å². The Hall–Kier alpha value is -1.85. The molecule has 120 valence electrons. The number of benzene rings is 1. The standard InChI is InChI=1S/C17H18ClN3OS/c1-11(2)5-7-21-10-14(13-4-3-12(18)9-15(13)21)16(22)20-17-19-6-8-23-17/h3-4,6,8-11H,5,7H2,1-2H3,(H,19,20,22). The molecule has 0 bridgehead atoms. The minimum atomic E-state index is -0.143. The smallest absolute Gasteiger partial charge is 0.259 e. The molecule has 3 rings (SSSR count). The molecular formula is C17H18ClN3OS. The van der Waals surface area contributed by atoms with Gasteiger partial charge in [0.1, 0.15) is 0 Å². The highest BCUT2D eigenvalue weighted by Crippen LogP contribution is 2.26. The van der Waals surface area contributed by atoms with E-state index in [1.54, 1.807) is 6.20 Å². The van der Waals surface area contributed by atoms with E-state index in [0.717, 1.165) is 23.9 Å². The number of aryl methyl sites for hydroxylation is 1. The Labute approximate surface area is 144 Å². The van der Waals surface area contributed by atoms with Crippen molar-refractivity contribution in [3.63, 3.8) is 0 Å². The van der Waals surface area contributed by atoms with Crippen molar-refractivity contribution < 1.29 is 4.79 Å². The molecular weight excluding hydrogens is 330 g/mol. The lowest BCUT2D eigenvalue weighted by molar-refractivity contribution is 0.102. The van der Waals surface area contributed by atoms with Crippen molar-refractivity contribution in [3.05, 3.63) is 46.6 Å². The fourth-order valence-corrected chi connectivity index (χ4v) is 3.17.